The van der Waals surface area contributed by atoms with Crippen LogP contribution in [0.4, 0.5) is 10.1 Å². The zero-order chi connectivity index (χ0) is 19.3. The van der Waals surface area contributed by atoms with E-state index in [1.165, 1.54) is 6.07 Å². The Kier molecular flexibility index (Phi) is 6.46. The van der Waals surface area contributed by atoms with E-state index in [1.54, 1.807) is 30.3 Å². The van der Waals surface area contributed by atoms with Crippen LogP contribution in [0, 0.1) is 12.7 Å². The minimum absolute atomic E-state index is 0.230. The fourth-order valence-corrected chi connectivity index (χ4v) is 4.30. The highest BCUT2D eigenvalue weighted by atomic mass is 32.2. The van der Waals surface area contributed by atoms with E-state index in [4.69, 9.17) is 0 Å². The van der Waals surface area contributed by atoms with Gasteiger partial charge in [0.15, 0.2) is 0 Å². The van der Waals surface area contributed by atoms with Crippen LogP contribution in [0.15, 0.2) is 47.4 Å². The second-order valence-electron chi connectivity index (χ2n) is 6.82. The largest absolute Gasteiger partial charge is 0.371 e. The van der Waals surface area contributed by atoms with Crippen molar-refractivity contribution in [2.75, 3.05) is 31.1 Å². The smallest absolute Gasteiger partial charge is 0.240 e. The molecule has 27 heavy (non-hydrogen) atoms. The highest BCUT2D eigenvalue weighted by Gasteiger charge is 2.18. The summed E-state index contributed by atoms with van der Waals surface area (Å²) in [6.07, 6.45) is 2.26. The van der Waals surface area contributed by atoms with Gasteiger partial charge in [0.2, 0.25) is 10.0 Å². The molecular formula is C20H26FN3O2S. The molecule has 0 spiro atoms. The second kappa shape index (κ2) is 8.82. The Labute approximate surface area is 160 Å². The number of aryl methyl sites for hydroxylation is 1. The number of benzene rings is 2. The lowest BCUT2D eigenvalue weighted by atomic mass is 10.1. The molecule has 2 aromatic rings. The molecule has 146 valence electrons. The van der Waals surface area contributed by atoms with Crippen molar-refractivity contribution in [1.82, 2.24) is 10.0 Å². The molecule has 5 nitrogen and oxygen atoms in total. The fourth-order valence-electron chi connectivity index (χ4n) is 3.26. The molecule has 0 unspecified atom stereocenters. The number of halogens is 1. The van der Waals surface area contributed by atoms with Crippen molar-refractivity contribution >= 4 is 15.7 Å². The first-order valence-electron chi connectivity index (χ1n) is 9.27. The lowest BCUT2D eigenvalue weighted by Crippen LogP contribution is -2.32. The quantitative estimate of drug-likeness (QED) is 0.680. The molecule has 0 bridgehead atoms. The summed E-state index contributed by atoms with van der Waals surface area (Å²) < 4.78 is 41.4. The first kappa shape index (κ1) is 19.8. The number of hydrogen-bond donors (Lipinski definition) is 2. The Balaban J connectivity index is 1.53. The van der Waals surface area contributed by atoms with Crippen LogP contribution in [0.25, 0.3) is 0 Å². The van der Waals surface area contributed by atoms with Crippen molar-refractivity contribution in [3.05, 3.63) is 59.4 Å². The van der Waals surface area contributed by atoms with E-state index in [-0.39, 0.29) is 17.3 Å². The van der Waals surface area contributed by atoms with Crippen molar-refractivity contribution in [3.8, 4) is 0 Å². The molecule has 0 saturated carbocycles. The van der Waals surface area contributed by atoms with E-state index in [2.05, 4.69) is 14.9 Å². The summed E-state index contributed by atoms with van der Waals surface area (Å²) in [5.74, 6) is -0.230. The van der Waals surface area contributed by atoms with Crippen molar-refractivity contribution in [3.63, 3.8) is 0 Å². The van der Waals surface area contributed by atoms with Gasteiger partial charge in [-0.15, -0.1) is 0 Å². The van der Waals surface area contributed by atoms with Crippen LogP contribution < -0.4 is 14.9 Å². The molecule has 1 heterocycles. The van der Waals surface area contributed by atoms with Gasteiger partial charge in [0.05, 0.1) is 4.90 Å². The average molecular weight is 392 g/mol. The minimum atomic E-state index is -3.52. The molecule has 1 saturated heterocycles. The average Bonchev–Trinajstić information content (AvgIpc) is 3.17. The third kappa shape index (κ3) is 5.06. The summed E-state index contributed by atoms with van der Waals surface area (Å²) in [5, 5.41) is 3.15. The van der Waals surface area contributed by atoms with Gasteiger partial charge in [0.25, 0.3) is 0 Å². The maximum Gasteiger partial charge on any atom is 0.240 e. The Hall–Kier alpha value is -1.96. The first-order valence-corrected chi connectivity index (χ1v) is 10.7. The molecule has 2 aromatic carbocycles. The molecule has 1 aliphatic rings. The maximum atomic E-state index is 14.3. The molecule has 0 aromatic heterocycles. The molecule has 0 amide bonds. The van der Waals surface area contributed by atoms with Gasteiger partial charge in [-0.2, -0.15) is 0 Å². The van der Waals surface area contributed by atoms with E-state index >= 15 is 0 Å². The first-order chi connectivity index (χ1) is 13.0. The number of rotatable bonds is 8. The topological polar surface area (TPSA) is 61.4 Å². The van der Waals surface area contributed by atoms with Gasteiger partial charge in [-0.3, -0.25) is 0 Å². The fraction of sp³-hybridized carbons (Fsp3) is 0.400. The normalized spacial score (nSPS) is 14.7. The van der Waals surface area contributed by atoms with Crippen molar-refractivity contribution in [2.24, 2.45) is 0 Å². The standard InChI is InChI=1S/C20H26FN3O2S/c1-16-7-9-17(10-8-16)27(25,26)23-12-11-22-15-18-19(21)5-4-6-20(18)24-13-2-3-14-24/h4-10,22-23H,2-3,11-15H2,1H3. The van der Waals surface area contributed by atoms with Crippen LogP contribution in [0.1, 0.15) is 24.0 Å². The van der Waals surface area contributed by atoms with Crippen LogP contribution in [0.3, 0.4) is 0 Å². The molecule has 3 rings (SSSR count). The van der Waals surface area contributed by atoms with E-state index in [1.807, 2.05) is 13.0 Å². The van der Waals surface area contributed by atoms with Crippen LogP contribution >= 0.6 is 0 Å². The highest BCUT2D eigenvalue weighted by Crippen LogP contribution is 2.26. The van der Waals surface area contributed by atoms with Gasteiger partial charge in [-0.1, -0.05) is 23.8 Å². The number of nitrogens with zero attached hydrogens (tertiary/aromatic N) is 1. The van der Waals surface area contributed by atoms with E-state index in [9.17, 15) is 12.8 Å². The van der Waals surface area contributed by atoms with Gasteiger partial charge >= 0.3 is 0 Å². The third-order valence-electron chi connectivity index (χ3n) is 4.77. The highest BCUT2D eigenvalue weighted by molar-refractivity contribution is 7.89. The molecule has 1 aliphatic heterocycles. The summed E-state index contributed by atoms with van der Waals surface area (Å²) in [4.78, 5) is 2.46. The van der Waals surface area contributed by atoms with Gasteiger partial charge in [-0.25, -0.2) is 17.5 Å². The maximum absolute atomic E-state index is 14.3. The number of anilines is 1. The van der Waals surface area contributed by atoms with Gasteiger partial charge < -0.3 is 10.2 Å². The molecule has 0 aliphatic carbocycles. The van der Waals surface area contributed by atoms with Gasteiger partial charge in [0.1, 0.15) is 5.82 Å². The molecule has 0 radical (unpaired) electrons. The predicted octanol–water partition coefficient (Wildman–Crippen LogP) is 2.80. The summed E-state index contributed by atoms with van der Waals surface area (Å²) in [5.41, 5.74) is 2.58. The number of hydrogen-bond acceptors (Lipinski definition) is 4. The van der Waals surface area contributed by atoms with Crippen molar-refractivity contribution < 1.29 is 12.8 Å². The Morgan fingerprint density at radius 2 is 1.74 bits per heavy atom. The summed E-state index contributed by atoms with van der Waals surface area (Å²) >= 11 is 0. The molecule has 7 heteroatoms. The summed E-state index contributed by atoms with van der Waals surface area (Å²) in [6, 6.07) is 11.9. The van der Waals surface area contributed by atoms with E-state index in [0.29, 0.717) is 18.7 Å². The van der Waals surface area contributed by atoms with Gasteiger partial charge in [0, 0.05) is 44.0 Å². The van der Waals surface area contributed by atoms with Crippen molar-refractivity contribution in [2.45, 2.75) is 31.2 Å². The lowest BCUT2D eigenvalue weighted by Gasteiger charge is -2.22. The summed E-state index contributed by atoms with van der Waals surface area (Å²) in [7, 11) is -3.52. The van der Waals surface area contributed by atoms with E-state index < -0.39 is 10.0 Å². The second-order valence-corrected chi connectivity index (χ2v) is 8.59. The molecular weight excluding hydrogens is 365 g/mol. The zero-order valence-corrected chi connectivity index (χ0v) is 16.4. The lowest BCUT2D eigenvalue weighted by molar-refractivity contribution is 0.568. The predicted molar refractivity (Wildman–Crippen MR) is 106 cm³/mol. The minimum Gasteiger partial charge on any atom is -0.371 e. The van der Waals surface area contributed by atoms with Crippen molar-refractivity contribution in [1.29, 1.82) is 0 Å². The molecule has 2 N–H and O–H groups in total. The summed E-state index contributed by atoms with van der Waals surface area (Å²) in [6.45, 7) is 4.83. The Bertz CT molecular complexity index is 863. The van der Waals surface area contributed by atoms with Crippen LogP contribution in [-0.4, -0.2) is 34.6 Å². The Morgan fingerprint density at radius 3 is 2.44 bits per heavy atom. The monoisotopic (exact) mass is 391 g/mol. The van der Waals surface area contributed by atoms with Gasteiger partial charge in [-0.05, 0) is 44.0 Å². The Morgan fingerprint density at radius 1 is 1.04 bits per heavy atom. The number of sulfonamides is 1. The van der Waals surface area contributed by atoms with Crippen LogP contribution in [0.5, 0.6) is 0 Å². The van der Waals surface area contributed by atoms with Crippen LogP contribution in [0.2, 0.25) is 0 Å². The van der Waals surface area contributed by atoms with Crippen LogP contribution in [-0.2, 0) is 16.6 Å². The third-order valence-corrected chi connectivity index (χ3v) is 6.24. The SMILES string of the molecule is Cc1ccc(S(=O)(=O)NCCNCc2c(F)cccc2N2CCCC2)cc1. The molecule has 1 fully saturated rings. The number of nitrogens with one attached hydrogen (secondary N) is 2. The van der Waals surface area contributed by atoms with E-state index in [0.717, 1.165) is 37.2 Å². The molecule has 0 atom stereocenters. The zero-order valence-electron chi connectivity index (χ0n) is 15.5.